The SMILES string of the molecule is CC(C)(C)OC(=O)NC1CC2(CCN(S(=O)(=O)c3ccc(CNC(=O)c4ccc5nccn5c4)cc3)CC2)C1. The topological polar surface area (TPSA) is 122 Å². The fourth-order valence-corrected chi connectivity index (χ4v) is 6.88. The minimum atomic E-state index is -3.61. The van der Waals surface area contributed by atoms with Crippen molar-refractivity contribution in [1.82, 2.24) is 24.3 Å². The second kappa shape index (κ2) is 10.3. The summed E-state index contributed by atoms with van der Waals surface area (Å²) >= 11 is 0. The number of rotatable bonds is 6. The molecule has 3 heterocycles. The lowest BCUT2D eigenvalue weighted by atomic mass is 9.60. The van der Waals surface area contributed by atoms with Crippen molar-refractivity contribution in [3.63, 3.8) is 0 Å². The number of fused-ring (bicyclic) bond motifs is 1. The first-order chi connectivity index (χ1) is 18.4. The molecular formula is C28H35N5O5S. The number of alkyl carbamates (subject to hydrolysis) is 1. The van der Waals surface area contributed by atoms with Crippen LogP contribution in [0.3, 0.4) is 0 Å². The minimum Gasteiger partial charge on any atom is -0.444 e. The molecule has 2 fully saturated rings. The van der Waals surface area contributed by atoms with Crippen LogP contribution >= 0.6 is 0 Å². The Hall–Kier alpha value is -3.44. The molecule has 0 unspecified atom stereocenters. The molecule has 10 nitrogen and oxygen atoms in total. The van der Waals surface area contributed by atoms with E-state index in [-0.39, 0.29) is 28.8 Å². The third-order valence-corrected chi connectivity index (χ3v) is 9.44. The number of benzene rings is 1. The fourth-order valence-electron chi connectivity index (χ4n) is 5.44. The number of piperidine rings is 1. The Bertz CT molecular complexity index is 1460. The molecule has 1 aliphatic carbocycles. The Balaban J connectivity index is 1.11. The van der Waals surface area contributed by atoms with Crippen molar-refractivity contribution in [1.29, 1.82) is 0 Å². The zero-order valence-electron chi connectivity index (χ0n) is 22.5. The number of pyridine rings is 1. The van der Waals surface area contributed by atoms with Gasteiger partial charge < -0.3 is 19.8 Å². The van der Waals surface area contributed by atoms with E-state index in [1.54, 1.807) is 63.7 Å². The predicted octanol–water partition coefficient (Wildman–Crippen LogP) is 3.72. The lowest BCUT2D eigenvalue weighted by molar-refractivity contribution is 0.0112. The van der Waals surface area contributed by atoms with Gasteiger partial charge in [-0.3, -0.25) is 4.79 Å². The van der Waals surface area contributed by atoms with Crippen LogP contribution in [-0.2, 0) is 21.3 Å². The number of hydrogen-bond acceptors (Lipinski definition) is 6. The second-order valence-corrected chi connectivity index (χ2v) is 13.5. The van der Waals surface area contributed by atoms with Crippen molar-refractivity contribution < 1.29 is 22.7 Å². The number of amides is 2. The van der Waals surface area contributed by atoms with E-state index in [1.807, 2.05) is 20.8 Å². The average molecular weight is 554 g/mol. The number of ether oxygens (including phenoxy) is 1. The lowest BCUT2D eigenvalue weighted by Gasteiger charge is -2.51. The predicted molar refractivity (Wildman–Crippen MR) is 146 cm³/mol. The van der Waals surface area contributed by atoms with Gasteiger partial charge in [0.2, 0.25) is 10.0 Å². The number of sulfonamides is 1. The number of imidazole rings is 1. The number of nitrogens with one attached hydrogen (secondary N) is 2. The molecular weight excluding hydrogens is 518 g/mol. The van der Waals surface area contributed by atoms with Crippen molar-refractivity contribution in [2.75, 3.05) is 13.1 Å². The molecule has 11 heteroatoms. The molecule has 2 aliphatic rings. The van der Waals surface area contributed by atoms with Crippen LogP contribution in [0.1, 0.15) is 62.4 Å². The molecule has 0 atom stereocenters. The molecule has 5 rings (SSSR count). The molecule has 1 aliphatic heterocycles. The molecule has 1 aromatic carbocycles. The maximum atomic E-state index is 13.3. The second-order valence-electron chi connectivity index (χ2n) is 11.6. The fraction of sp³-hybridized carbons (Fsp3) is 0.464. The van der Waals surface area contributed by atoms with Gasteiger partial charge in [-0.05, 0) is 81.7 Å². The Morgan fingerprint density at radius 3 is 2.44 bits per heavy atom. The van der Waals surface area contributed by atoms with Gasteiger partial charge in [-0.2, -0.15) is 4.31 Å². The Kier molecular flexibility index (Phi) is 7.15. The Morgan fingerprint density at radius 2 is 1.77 bits per heavy atom. The summed E-state index contributed by atoms with van der Waals surface area (Å²) in [4.78, 5) is 29.0. The van der Waals surface area contributed by atoms with Gasteiger partial charge in [0.1, 0.15) is 11.2 Å². The quantitative estimate of drug-likeness (QED) is 0.480. The van der Waals surface area contributed by atoms with Crippen molar-refractivity contribution >= 4 is 27.7 Å². The standard InChI is InChI=1S/C28H35N5O5S/c1-27(2,3)38-26(35)31-22-16-28(17-22)10-13-33(14-11-28)39(36,37)23-7-4-20(5-8-23)18-30-25(34)21-6-9-24-29-12-15-32(24)19-21/h4-9,12,15,19,22H,10-11,13-14,16-18H2,1-3H3,(H,30,34)(H,31,35). The third-order valence-electron chi connectivity index (χ3n) is 7.53. The lowest BCUT2D eigenvalue weighted by Crippen LogP contribution is -2.55. The number of carbonyl (C=O) groups is 2. The average Bonchev–Trinajstić information content (AvgIpc) is 3.34. The first-order valence-electron chi connectivity index (χ1n) is 13.2. The molecule has 2 amide bonds. The molecule has 39 heavy (non-hydrogen) atoms. The summed E-state index contributed by atoms with van der Waals surface area (Å²) in [6, 6.07) is 10.2. The van der Waals surface area contributed by atoms with Gasteiger partial charge in [0.15, 0.2) is 0 Å². The molecule has 2 aromatic heterocycles. The van der Waals surface area contributed by atoms with Gasteiger partial charge in [-0.25, -0.2) is 18.2 Å². The summed E-state index contributed by atoms with van der Waals surface area (Å²) in [5.41, 5.74) is 1.63. The van der Waals surface area contributed by atoms with E-state index < -0.39 is 21.7 Å². The highest BCUT2D eigenvalue weighted by molar-refractivity contribution is 7.89. The highest BCUT2D eigenvalue weighted by Gasteiger charge is 2.48. The van der Waals surface area contributed by atoms with Crippen LogP contribution in [0.2, 0.25) is 0 Å². The third kappa shape index (κ3) is 6.09. The molecule has 1 saturated carbocycles. The van der Waals surface area contributed by atoms with E-state index in [1.165, 1.54) is 0 Å². The van der Waals surface area contributed by atoms with Gasteiger partial charge in [0, 0.05) is 44.3 Å². The molecule has 0 bridgehead atoms. The van der Waals surface area contributed by atoms with Crippen LogP contribution in [0.5, 0.6) is 0 Å². The number of aromatic nitrogens is 2. The van der Waals surface area contributed by atoms with Gasteiger partial charge in [-0.1, -0.05) is 12.1 Å². The molecule has 1 spiro atoms. The summed E-state index contributed by atoms with van der Waals surface area (Å²) in [6.07, 6.45) is 8.00. The number of carbonyl (C=O) groups excluding carboxylic acids is 2. The van der Waals surface area contributed by atoms with E-state index >= 15 is 0 Å². The molecule has 208 valence electrons. The molecule has 0 radical (unpaired) electrons. The molecule has 3 aromatic rings. The highest BCUT2D eigenvalue weighted by Crippen LogP contribution is 2.49. The smallest absolute Gasteiger partial charge is 0.407 e. The maximum Gasteiger partial charge on any atom is 0.407 e. The monoisotopic (exact) mass is 553 g/mol. The highest BCUT2D eigenvalue weighted by atomic mass is 32.2. The van der Waals surface area contributed by atoms with E-state index in [0.29, 0.717) is 18.7 Å². The minimum absolute atomic E-state index is 0.0739. The van der Waals surface area contributed by atoms with Gasteiger partial charge in [0.25, 0.3) is 5.91 Å². The van der Waals surface area contributed by atoms with Gasteiger partial charge in [0.05, 0.1) is 10.5 Å². The van der Waals surface area contributed by atoms with Crippen molar-refractivity contribution in [3.8, 4) is 0 Å². The van der Waals surface area contributed by atoms with Crippen LogP contribution in [0.4, 0.5) is 4.79 Å². The van der Waals surface area contributed by atoms with Crippen LogP contribution in [-0.4, -0.2) is 58.8 Å². The largest absolute Gasteiger partial charge is 0.444 e. The number of nitrogens with zero attached hydrogens (tertiary/aromatic N) is 3. The zero-order valence-corrected chi connectivity index (χ0v) is 23.3. The van der Waals surface area contributed by atoms with E-state index in [9.17, 15) is 18.0 Å². The van der Waals surface area contributed by atoms with Gasteiger partial charge in [-0.15, -0.1) is 0 Å². The van der Waals surface area contributed by atoms with E-state index in [2.05, 4.69) is 15.6 Å². The molecule has 1 saturated heterocycles. The van der Waals surface area contributed by atoms with Crippen LogP contribution in [0, 0.1) is 5.41 Å². The zero-order chi connectivity index (χ0) is 27.8. The van der Waals surface area contributed by atoms with Crippen LogP contribution in [0.15, 0.2) is 59.9 Å². The summed E-state index contributed by atoms with van der Waals surface area (Å²) < 4.78 is 35.2. The Morgan fingerprint density at radius 1 is 1.08 bits per heavy atom. The number of hydrogen-bond donors (Lipinski definition) is 2. The maximum absolute atomic E-state index is 13.3. The first kappa shape index (κ1) is 27.1. The van der Waals surface area contributed by atoms with Crippen LogP contribution in [0.25, 0.3) is 5.65 Å². The van der Waals surface area contributed by atoms with Gasteiger partial charge >= 0.3 is 6.09 Å². The normalized spacial score (nSPS) is 18.0. The summed E-state index contributed by atoms with van der Waals surface area (Å²) in [6.45, 7) is 6.71. The van der Waals surface area contributed by atoms with Crippen molar-refractivity contribution in [3.05, 3.63) is 66.1 Å². The van der Waals surface area contributed by atoms with Crippen LogP contribution < -0.4 is 10.6 Å². The first-order valence-corrected chi connectivity index (χ1v) is 14.7. The summed E-state index contributed by atoms with van der Waals surface area (Å²) in [7, 11) is -3.61. The van der Waals surface area contributed by atoms with Crippen molar-refractivity contribution in [2.45, 2.75) is 69.5 Å². The Labute approximate surface area is 228 Å². The summed E-state index contributed by atoms with van der Waals surface area (Å²) in [5.74, 6) is -0.218. The van der Waals surface area contributed by atoms with E-state index in [4.69, 9.17) is 4.74 Å². The summed E-state index contributed by atoms with van der Waals surface area (Å²) in [5, 5.41) is 5.80. The van der Waals surface area contributed by atoms with E-state index in [0.717, 1.165) is 36.9 Å². The van der Waals surface area contributed by atoms with Crippen molar-refractivity contribution in [2.24, 2.45) is 5.41 Å². The molecule has 2 N–H and O–H groups in total.